The van der Waals surface area contributed by atoms with E-state index in [1.165, 1.54) is 6.92 Å². The minimum absolute atomic E-state index is 0.0409. The minimum atomic E-state index is -5.19. The lowest BCUT2D eigenvalue weighted by atomic mass is 10.0. The van der Waals surface area contributed by atoms with Gasteiger partial charge in [-0.05, 0) is 6.92 Å². The number of carbonyl (C=O) groups excluding carboxylic acids is 2. The first-order valence-corrected chi connectivity index (χ1v) is 4.62. The van der Waals surface area contributed by atoms with E-state index in [0.717, 1.165) is 7.05 Å². The van der Waals surface area contributed by atoms with Crippen molar-refractivity contribution in [3.05, 3.63) is 11.6 Å². The summed E-state index contributed by atoms with van der Waals surface area (Å²) in [5.74, 6) is -2.49. The predicted molar refractivity (Wildman–Crippen MR) is 48.5 cm³/mol. The van der Waals surface area contributed by atoms with Crippen molar-refractivity contribution in [1.29, 1.82) is 0 Å². The maximum atomic E-state index is 12.7. The van der Waals surface area contributed by atoms with E-state index >= 15 is 0 Å². The molecule has 0 aromatic heterocycles. The number of alkyl halides is 3. The summed E-state index contributed by atoms with van der Waals surface area (Å²) >= 11 is 0. The Bertz CT molecular complexity index is 390. The second kappa shape index (κ2) is 4.02. The number of nitrogens with zero attached hydrogens (tertiary/aromatic N) is 1. The van der Waals surface area contributed by atoms with Crippen LogP contribution in [0.2, 0.25) is 0 Å². The number of carbonyl (C=O) groups is 2. The number of rotatable bonds is 2. The highest BCUT2D eigenvalue weighted by atomic mass is 19.4. The Balaban J connectivity index is 3.23. The molecule has 1 atom stereocenters. The van der Waals surface area contributed by atoms with E-state index < -0.39 is 29.4 Å². The summed E-state index contributed by atoms with van der Waals surface area (Å²) in [7, 11) is 0.749. The lowest BCUT2D eigenvalue weighted by Crippen LogP contribution is -2.58. The highest BCUT2D eigenvalue weighted by Crippen LogP contribution is 2.42. The molecule has 1 heterocycles. The third-order valence-corrected chi connectivity index (χ3v) is 2.35. The van der Waals surface area contributed by atoms with Crippen molar-refractivity contribution in [2.75, 3.05) is 13.7 Å². The Kier molecular flexibility index (Phi) is 3.19. The van der Waals surface area contributed by atoms with Crippen molar-refractivity contribution in [2.45, 2.75) is 18.8 Å². The summed E-state index contributed by atoms with van der Waals surface area (Å²) in [4.78, 5) is 22.4. The zero-order valence-corrected chi connectivity index (χ0v) is 9.04. The molecule has 5 nitrogen and oxygen atoms in total. The molecule has 8 heteroatoms. The van der Waals surface area contributed by atoms with Gasteiger partial charge in [-0.15, -0.1) is 0 Å². The quantitative estimate of drug-likeness (QED) is 0.714. The van der Waals surface area contributed by atoms with Gasteiger partial charge in [0.2, 0.25) is 5.91 Å². The fraction of sp³-hybridized carbons (Fsp3) is 0.556. The monoisotopic (exact) mass is 253 g/mol. The van der Waals surface area contributed by atoms with E-state index in [4.69, 9.17) is 0 Å². The normalized spacial score (nSPS) is 24.9. The smallest absolute Gasteiger partial charge is 0.441 e. The van der Waals surface area contributed by atoms with Crippen LogP contribution in [0.25, 0.3) is 0 Å². The molecule has 0 saturated heterocycles. The summed E-state index contributed by atoms with van der Waals surface area (Å²) in [5, 5.41) is 9.53. The van der Waals surface area contributed by atoms with Crippen LogP contribution < -0.4 is 0 Å². The number of esters is 1. The van der Waals surface area contributed by atoms with Gasteiger partial charge >= 0.3 is 12.1 Å². The summed E-state index contributed by atoms with van der Waals surface area (Å²) in [5.41, 5.74) is -4.75. The van der Waals surface area contributed by atoms with E-state index in [-0.39, 0.29) is 11.5 Å². The van der Waals surface area contributed by atoms with Crippen LogP contribution in [-0.4, -0.2) is 47.4 Å². The van der Waals surface area contributed by atoms with Gasteiger partial charge in [0.15, 0.2) is 0 Å². The molecule has 0 fully saturated rings. The van der Waals surface area contributed by atoms with Gasteiger partial charge < -0.3 is 14.7 Å². The zero-order valence-electron chi connectivity index (χ0n) is 9.04. The van der Waals surface area contributed by atoms with Crippen molar-refractivity contribution in [3.8, 4) is 0 Å². The Morgan fingerprint density at radius 1 is 1.59 bits per heavy atom. The number of likely N-dealkylation sites (N-methyl/N-ethyl adjacent to an activating group) is 1. The Hall–Kier alpha value is -1.57. The average Bonchev–Trinajstić information content (AvgIpc) is 2.43. The van der Waals surface area contributed by atoms with Gasteiger partial charge in [0.1, 0.15) is 5.57 Å². The maximum absolute atomic E-state index is 12.7. The molecule has 0 bridgehead atoms. The second-order valence-electron chi connectivity index (χ2n) is 3.35. The van der Waals surface area contributed by atoms with Gasteiger partial charge in [-0.3, -0.25) is 4.79 Å². The van der Waals surface area contributed by atoms with Gasteiger partial charge in [0, 0.05) is 13.1 Å². The predicted octanol–water partition coefficient (Wildman–Crippen LogP) is 0.199. The van der Waals surface area contributed by atoms with Crippen molar-refractivity contribution in [1.82, 2.24) is 4.90 Å². The van der Waals surface area contributed by atoms with Crippen molar-refractivity contribution in [3.63, 3.8) is 0 Å². The number of amides is 1. The third-order valence-electron chi connectivity index (χ3n) is 2.35. The van der Waals surface area contributed by atoms with Crippen LogP contribution in [-0.2, 0) is 14.3 Å². The number of aliphatic hydroxyl groups is 1. The van der Waals surface area contributed by atoms with Crippen LogP contribution >= 0.6 is 0 Å². The molecule has 0 spiro atoms. The SMILES string of the molecule is CCOC(=O)C1=CC(=O)N(C)C1(O)C(F)(F)F. The summed E-state index contributed by atoms with van der Waals surface area (Å²) in [6.45, 7) is 1.23. The van der Waals surface area contributed by atoms with E-state index in [0.29, 0.717) is 6.08 Å². The molecular weight excluding hydrogens is 243 g/mol. The molecule has 17 heavy (non-hydrogen) atoms. The molecule has 0 saturated carbocycles. The fourth-order valence-corrected chi connectivity index (χ4v) is 1.41. The largest absolute Gasteiger partial charge is 0.462 e. The molecule has 0 aromatic rings. The molecule has 1 unspecified atom stereocenters. The highest BCUT2D eigenvalue weighted by molar-refractivity contribution is 6.04. The lowest BCUT2D eigenvalue weighted by Gasteiger charge is -2.33. The van der Waals surface area contributed by atoms with Crippen LogP contribution in [0, 0.1) is 0 Å². The van der Waals surface area contributed by atoms with Crippen molar-refractivity contribution < 1.29 is 32.6 Å². The molecule has 1 amide bonds. The van der Waals surface area contributed by atoms with E-state index in [1.807, 2.05) is 0 Å². The molecule has 1 aliphatic rings. The van der Waals surface area contributed by atoms with Crippen molar-refractivity contribution in [2.24, 2.45) is 0 Å². The summed E-state index contributed by atoms with van der Waals surface area (Å²) < 4.78 is 42.5. The van der Waals surface area contributed by atoms with Gasteiger partial charge in [-0.1, -0.05) is 0 Å². The van der Waals surface area contributed by atoms with Crippen LogP contribution in [0.1, 0.15) is 6.92 Å². The first-order chi connectivity index (χ1) is 7.66. The van der Waals surface area contributed by atoms with Crippen LogP contribution in [0.3, 0.4) is 0 Å². The van der Waals surface area contributed by atoms with Gasteiger partial charge in [-0.2, -0.15) is 13.2 Å². The summed E-state index contributed by atoms with van der Waals surface area (Å²) in [6, 6.07) is 0. The van der Waals surface area contributed by atoms with Crippen LogP contribution in [0.5, 0.6) is 0 Å². The highest BCUT2D eigenvalue weighted by Gasteiger charge is 2.65. The van der Waals surface area contributed by atoms with E-state index in [1.54, 1.807) is 0 Å². The number of halogens is 3. The second-order valence-corrected chi connectivity index (χ2v) is 3.35. The molecule has 1 N–H and O–H groups in total. The third kappa shape index (κ3) is 1.88. The zero-order chi connectivity index (χ0) is 13.4. The molecule has 0 aromatic carbocycles. The van der Waals surface area contributed by atoms with E-state index in [2.05, 4.69) is 4.74 Å². The average molecular weight is 253 g/mol. The topological polar surface area (TPSA) is 66.8 Å². The number of hydrogen-bond donors (Lipinski definition) is 1. The number of ether oxygens (including phenoxy) is 1. The summed E-state index contributed by atoms with van der Waals surface area (Å²) in [6.07, 6.45) is -4.77. The molecule has 96 valence electrons. The minimum Gasteiger partial charge on any atom is -0.462 e. The molecule has 1 rings (SSSR count). The number of hydrogen-bond acceptors (Lipinski definition) is 4. The lowest BCUT2D eigenvalue weighted by molar-refractivity contribution is -0.284. The van der Waals surface area contributed by atoms with Gasteiger partial charge in [-0.25, -0.2) is 4.79 Å². The molecule has 1 aliphatic heterocycles. The Morgan fingerprint density at radius 3 is 2.53 bits per heavy atom. The van der Waals surface area contributed by atoms with E-state index in [9.17, 15) is 27.9 Å². The van der Waals surface area contributed by atoms with Gasteiger partial charge in [0.25, 0.3) is 5.72 Å². The standard InChI is InChI=1S/C9H10F3NO4/c1-3-17-7(15)5-4-6(14)13(2)8(5,16)9(10,11)12/h4,16H,3H2,1-2H3. The van der Waals surface area contributed by atoms with Gasteiger partial charge in [0.05, 0.1) is 6.61 Å². The van der Waals surface area contributed by atoms with Crippen LogP contribution in [0.15, 0.2) is 11.6 Å². The molecule has 0 aliphatic carbocycles. The maximum Gasteiger partial charge on any atom is 0.441 e. The van der Waals surface area contributed by atoms with Crippen LogP contribution in [0.4, 0.5) is 13.2 Å². The first-order valence-electron chi connectivity index (χ1n) is 4.62. The van der Waals surface area contributed by atoms with Crippen molar-refractivity contribution >= 4 is 11.9 Å². The first kappa shape index (κ1) is 13.5. The molecular formula is C9H10F3NO4. The Morgan fingerprint density at radius 2 is 2.12 bits per heavy atom. The fourth-order valence-electron chi connectivity index (χ4n) is 1.41. The molecule has 0 radical (unpaired) electrons. The Labute approximate surface area is 94.5 Å².